The SMILES string of the molecule is Cc1cc(C)c(CN(Cc2ccc(Br)cc2)CC(C)(C)CN)c(C)c1. The third-order valence-electron chi connectivity index (χ3n) is 4.75. The van der Waals surface area contributed by atoms with Gasteiger partial charge in [-0.25, -0.2) is 0 Å². The van der Waals surface area contributed by atoms with Gasteiger partial charge in [0, 0.05) is 24.1 Å². The number of hydrogen-bond acceptors (Lipinski definition) is 2. The number of aryl methyl sites for hydroxylation is 3. The molecule has 2 aromatic rings. The van der Waals surface area contributed by atoms with Gasteiger partial charge in [-0.2, -0.15) is 0 Å². The summed E-state index contributed by atoms with van der Waals surface area (Å²) in [7, 11) is 0. The average Bonchev–Trinajstić information content (AvgIpc) is 2.52. The second kappa shape index (κ2) is 8.48. The molecule has 2 nitrogen and oxygen atoms in total. The van der Waals surface area contributed by atoms with Gasteiger partial charge in [-0.3, -0.25) is 4.90 Å². The predicted molar refractivity (Wildman–Crippen MR) is 112 cm³/mol. The van der Waals surface area contributed by atoms with E-state index < -0.39 is 0 Å². The molecular weight excluding hydrogens is 372 g/mol. The Labute approximate surface area is 161 Å². The molecule has 136 valence electrons. The van der Waals surface area contributed by atoms with Crippen LogP contribution in [0.5, 0.6) is 0 Å². The van der Waals surface area contributed by atoms with Gasteiger partial charge in [0.05, 0.1) is 0 Å². The highest BCUT2D eigenvalue weighted by atomic mass is 79.9. The maximum Gasteiger partial charge on any atom is 0.0242 e. The van der Waals surface area contributed by atoms with Gasteiger partial charge in [-0.05, 0) is 67.1 Å². The van der Waals surface area contributed by atoms with Crippen molar-refractivity contribution in [2.24, 2.45) is 11.1 Å². The van der Waals surface area contributed by atoms with Crippen LogP contribution in [-0.2, 0) is 13.1 Å². The van der Waals surface area contributed by atoms with Gasteiger partial charge in [-0.1, -0.05) is 59.6 Å². The first-order valence-electron chi connectivity index (χ1n) is 8.94. The zero-order valence-electron chi connectivity index (χ0n) is 16.2. The van der Waals surface area contributed by atoms with Crippen LogP contribution in [0.4, 0.5) is 0 Å². The average molecular weight is 403 g/mol. The molecule has 2 rings (SSSR count). The molecule has 0 fully saturated rings. The molecule has 0 aliphatic heterocycles. The molecule has 0 bridgehead atoms. The molecule has 0 unspecified atom stereocenters. The van der Waals surface area contributed by atoms with Crippen LogP contribution in [-0.4, -0.2) is 18.0 Å². The highest BCUT2D eigenvalue weighted by Crippen LogP contribution is 2.23. The lowest BCUT2D eigenvalue weighted by molar-refractivity contribution is 0.168. The summed E-state index contributed by atoms with van der Waals surface area (Å²) in [4.78, 5) is 2.53. The maximum absolute atomic E-state index is 6.01. The molecule has 0 radical (unpaired) electrons. The van der Waals surface area contributed by atoms with Crippen LogP contribution in [0.15, 0.2) is 40.9 Å². The van der Waals surface area contributed by atoms with Crippen molar-refractivity contribution >= 4 is 15.9 Å². The van der Waals surface area contributed by atoms with E-state index in [9.17, 15) is 0 Å². The number of nitrogens with zero attached hydrogens (tertiary/aromatic N) is 1. The summed E-state index contributed by atoms with van der Waals surface area (Å²) < 4.78 is 1.12. The Morgan fingerprint density at radius 3 is 2.04 bits per heavy atom. The van der Waals surface area contributed by atoms with E-state index in [2.05, 4.69) is 91.8 Å². The summed E-state index contributed by atoms with van der Waals surface area (Å²) in [5.41, 5.74) is 13.0. The van der Waals surface area contributed by atoms with Crippen molar-refractivity contribution < 1.29 is 0 Å². The van der Waals surface area contributed by atoms with Gasteiger partial charge in [-0.15, -0.1) is 0 Å². The maximum atomic E-state index is 6.01. The van der Waals surface area contributed by atoms with E-state index in [1.807, 2.05) is 0 Å². The number of rotatable bonds is 7. The van der Waals surface area contributed by atoms with E-state index in [4.69, 9.17) is 5.73 Å². The van der Waals surface area contributed by atoms with E-state index >= 15 is 0 Å². The lowest BCUT2D eigenvalue weighted by atomic mass is 9.92. The van der Waals surface area contributed by atoms with Crippen LogP contribution in [0.1, 0.15) is 41.7 Å². The van der Waals surface area contributed by atoms with Gasteiger partial charge < -0.3 is 5.73 Å². The second-order valence-electron chi connectivity index (χ2n) is 8.02. The minimum Gasteiger partial charge on any atom is -0.330 e. The van der Waals surface area contributed by atoms with Crippen molar-refractivity contribution in [2.45, 2.75) is 47.7 Å². The molecule has 0 aliphatic carbocycles. The lowest BCUT2D eigenvalue weighted by Crippen LogP contribution is -2.38. The van der Waals surface area contributed by atoms with Crippen molar-refractivity contribution in [3.8, 4) is 0 Å². The van der Waals surface area contributed by atoms with Crippen LogP contribution < -0.4 is 5.73 Å². The molecule has 0 saturated heterocycles. The fraction of sp³-hybridized carbons (Fsp3) is 0.455. The Morgan fingerprint density at radius 2 is 1.52 bits per heavy atom. The van der Waals surface area contributed by atoms with Gasteiger partial charge in [0.1, 0.15) is 0 Å². The molecule has 0 atom stereocenters. The largest absolute Gasteiger partial charge is 0.330 e. The van der Waals surface area contributed by atoms with Gasteiger partial charge in [0.25, 0.3) is 0 Å². The fourth-order valence-corrected chi connectivity index (χ4v) is 3.63. The van der Waals surface area contributed by atoms with Crippen molar-refractivity contribution in [2.75, 3.05) is 13.1 Å². The molecule has 25 heavy (non-hydrogen) atoms. The zero-order chi connectivity index (χ0) is 18.6. The van der Waals surface area contributed by atoms with Crippen molar-refractivity contribution in [3.63, 3.8) is 0 Å². The molecule has 0 aromatic heterocycles. The Hall–Kier alpha value is -1.16. The quantitative estimate of drug-likeness (QED) is 0.674. The molecule has 0 saturated carbocycles. The highest BCUT2D eigenvalue weighted by Gasteiger charge is 2.21. The van der Waals surface area contributed by atoms with E-state index in [0.29, 0.717) is 6.54 Å². The smallest absolute Gasteiger partial charge is 0.0242 e. The Balaban J connectivity index is 2.26. The van der Waals surface area contributed by atoms with Crippen molar-refractivity contribution in [1.82, 2.24) is 4.90 Å². The van der Waals surface area contributed by atoms with Crippen LogP contribution >= 0.6 is 15.9 Å². The molecule has 0 spiro atoms. The van der Waals surface area contributed by atoms with E-state index in [0.717, 1.165) is 24.1 Å². The molecule has 0 heterocycles. The first-order chi connectivity index (χ1) is 11.7. The highest BCUT2D eigenvalue weighted by molar-refractivity contribution is 9.10. The number of benzene rings is 2. The van der Waals surface area contributed by atoms with Crippen LogP contribution in [0.25, 0.3) is 0 Å². The summed E-state index contributed by atoms with van der Waals surface area (Å²) in [6.45, 7) is 14.7. The summed E-state index contributed by atoms with van der Waals surface area (Å²) in [5.74, 6) is 0. The normalized spacial score (nSPS) is 12.0. The van der Waals surface area contributed by atoms with Gasteiger partial charge >= 0.3 is 0 Å². The van der Waals surface area contributed by atoms with E-state index in [-0.39, 0.29) is 5.41 Å². The zero-order valence-corrected chi connectivity index (χ0v) is 17.8. The Morgan fingerprint density at radius 1 is 0.960 bits per heavy atom. The fourth-order valence-electron chi connectivity index (χ4n) is 3.37. The topological polar surface area (TPSA) is 29.3 Å². The molecule has 0 amide bonds. The number of hydrogen-bond donors (Lipinski definition) is 1. The summed E-state index contributed by atoms with van der Waals surface area (Å²) in [5, 5.41) is 0. The minimum absolute atomic E-state index is 0.0991. The third kappa shape index (κ3) is 5.95. The summed E-state index contributed by atoms with van der Waals surface area (Å²) in [6.07, 6.45) is 0. The summed E-state index contributed by atoms with van der Waals surface area (Å²) in [6, 6.07) is 13.2. The van der Waals surface area contributed by atoms with Crippen molar-refractivity contribution in [1.29, 1.82) is 0 Å². The molecule has 2 N–H and O–H groups in total. The molecule has 2 aromatic carbocycles. The van der Waals surface area contributed by atoms with E-state index in [1.165, 1.54) is 27.8 Å². The van der Waals surface area contributed by atoms with Crippen LogP contribution in [0.3, 0.4) is 0 Å². The standard InChI is InChI=1S/C22H31BrN2/c1-16-10-17(2)21(18(3)11-16)13-25(15-22(4,5)14-24)12-19-6-8-20(23)9-7-19/h6-11H,12-15,24H2,1-5H3. The predicted octanol–water partition coefficient (Wildman–Crippen LogP) is 5.36. The van der Waals surface area contributed by atoms with Crippen molar-refractivity contribution in [3.05, 3.63) is 68.7 Å². The minimum atomic E-state index is 0.0991. The van der Waals surface area contributed by atoms with Crippen LogP contribution in [0, 0.1) is 26.2 Å². The Kier molecular flexibility index (Phi) is 6.84. The van der Waals surface area contributed by atoms with Crippen LogP contribution in [0.2, 0.25) is 0 Å². The molecule has 3 heteroatoms. The monoisotopic (exact) mass is 402 g/mol. The summed E-state index contributed by atoms with van der Waals surface area (Å²) >= 11 is 3.52. The molecular formula is C22H31BrN2. The molecule has 0 aliphatic rings. The third-order valence-corrected chi connectivity index (χ3v) is 5.27. The van der Waals surface area contributed by atoms with E-state index in [1.54, 1.807) is 0 Å². The first kappa shape index (κ1) is 20.2. The number of nitrogens with two attached hydrogens (primary N) is 1. The lowest BCUT2D eigenvalue weighted by Gasteiger charge is -2.33. The number of halogens is 1. The Bertz CT molecular complexity index is 681. The van der Waals surface area contributed by atoms with Gasteiger partial charge in [0.15, 0.2) is 0 Å². The first-order valence-corrected chi connectivity index (χ1v) is 9.73. The second-order valence-corrected chi connectivity index (χ2v) is 8.93. The van der Waals surface area contributed by atoms with Gasteiger partial charge in [0.2, 0.25) is 0 Å².